The van der Waals surface area contributed by atoms with Crippen LogP contribution < -0.4 is 16.0 Å². The van der Waals surface area contributed by atoms with Crippen molar-refractivity contribution in [3.63, 3.8) is 0 Å². The fourth-order valence-corrected chi connectivity index (χ4v) is 5.31. The number of rotatable bonds is 4. The second kappa shape index (κ2) is 8.19. The highest BCUT2D eigenvalue weighted by Gasteiger charge is 2.19. The Morgan fingerprint density at radius 1 is 1.13 bits per heavy atom. The lowest BCUT2D eigenvalue weighted by atomic mass is 10.1. The molecule has 3 heterocycles. The van der Waals surface area contributed by atoms with Crippen molar-refractivity contribution in [3.05, 3.63) is 59.0 Å². The van der Waals surface area contributed by atoms with Crippen LogP contribution in [0.5, 0.6) is 0 Å². The third-order valence-corrected chi connectivity index (χ3v) is 7.18. The molecule has 0 aliphatic carbocycles. The second-order valence-electron chi connectivity index (χ2n) is 8.08. The normalized spacial score (nSPS) is 14.3. The Kier molecular flexibility index (Phi) is 5.24. The molecular weight excluding hydrogens is 404 g/mol. The fraction of sp³-hybridized carbons (Fsp3) is 0.280. The first kappa shape index (κ1) is 19.8. The van der Waals surface area contributed by atoms with E-state index in [9.17, 15) is 4.79 Å². The lowest BCUT2D eigenvalue weighted by Crippen LogP contribution is -2.29. The number of thiophene rings is 1. The average molecular weight is 431 g/mol. The van der Waals surface area contributed by atoms with Gasteiger partial charge >= 0.3 is 0 Å². The van der Waals surface area contributed by atoms with Gasteiger partial charge < -0.3 is 16.0 Å². The molecule has 5 nitrogen and oxygen atoms in total. The first-order valence-electron chi connectivity index (χ1n) is 10.9. The van der Waals surface area contributed by atoms with Crippen molar-refractivity contribution >= 4 is 55.4 Å². The van der Waals surface area contributed by atoms with Crippen molar-refractivity contribution in [1.82, 2.24) is 4.98 Å². The van der Waals surface area contributed by atoms with E-state index in [4.69, 9.17) is 10.7 Å². The standard InChI is InChI=1S/C25H26N4OS/c1-2-16-7-6-8-17-15-20-21(26)23(31-25(20)28-22(16)17)24(30)27-18-9-11-19(12-10-18)29-13-4-3-5-14-29/h6-12,15H,2-5,13-14,26H2,1H3,(H,27,30). The minimum absolute atomic E-state index is 0.189. The zero-order valence-corrected chi connectivity index (χ0v) is 18.5. The molecule has 1 aliphatic heterocycles. The van der Waals surface area contributed by atoms with Crippen molar-refractivity contribution in [2.45, 2.75) is 32.6 Å². The van der Waals surface area contributed by atoms with E-state index in [1.165, 1.54) is 41.9 Å². The lowest BCUT2D eigenvalue weighted by molar-refractivity contribution is 0.103. The maximum atomic E-state index is 13.0. The number of nitrogens with one attached hydrogen (secondary N) is 1. The SMILES string of the molecule is CCc1cccc2cc3c(N)c(C(=O)Nc4ccc(N5CCCCC5)cc4)sc3nc12. The van der Waals surface area contributed by atoms with Crippen LogP contribution in [0.15, 0.2) is 48.5 Å². The molecule has 0 atom stereocenters. The van der Waals surface area contributed by atoms with Gasteiger partial charge in [-0.25, -0.2) is 4.98 Å². The van der Waals surface area contributed by atoms with Crippen molar-refractivity contribution in [1.29, 1.82) is 0 Å². The summed E-state index contributed by atoms with van der Waals surface area (Å²) in [6.07, 6.45) is 4.71. The number of benzene rings is 2. The highest BCUT2D eigenvalue weighted by Crippen LogP contribution is 2.35. The number of fused-ring (bicyclic) bond motifs is 2. The Hall–Kier alpha value is -3.12. The van der Waals surface area contributed by atoms with E-state index in [0.717, 1.165) is 46.3 Å². The van der Waals surface area contributed by atoms with Crippen LogP contribution in [-0.2, 0) is 6.42 Å². The molecule has 0 saturated carbocycles. The van der Waals surface area contributed by atoms with Gasteiger partial charge in [0.15, 0.2) is 0 Å². The van der Waals surface area contributed by atoms with E-state index in [-0.39, 0.29) is 5.91 Å². The fourth-order valence-electron chi connectivity index (χ4n) is 4.34. The number of para-hydroxylation sites is 1. The summed E-state index contributed by atoms with van der Waals surface area (Å²) in [6, 6.07) is 16.3. The highest BCUT2D eigenvalue weighted by molar-refractivity contribution is 7.21. The number of carbonyl (C=O) groups excluding carboxylic acids is 1. The zero-order chi connectivity index (χ0) is 21.4. The number of aromatic nitrogens is 1. The van der Waals surface area contributed by atoms with Gasteiger partial charge in [0.25, 0.3) is 5.91 Å². The van der Waals surface area contributed by atoms with Gasteiger partial charge in [0.05, 0.1) is 11.2 Å². The molecule has 158 valence electrons. The van der Waals surface area contributed by atoms with Crippen molar-refractivity contribution in [3.8, 4) is 0 Å². The summed E-state index contributed by atoms with van der Waals surface area (Å²) in [5.41, 5.74) is 11.0. The molecule has 5 rings (SSSR count). The number of aryl methyl sites for hydroxylation is 1. The molecular formula is C25H26N4OS. The smallest absolute Gasteiger partial charge is 0.267 e. The van der Waals surface area contributed by atoms with E-state index in [2.05, 4.69) is 35.3 Å². The molecule has 6 heteroatoms. The molecule has 0 unspecified atom stereocenters. The number of nitrogens with two attached hydrogens (primary N) is 1. The van der Waals surface area contributed by atoms with Crippen LogP contribution in [0.3, 0.4) is 0 Å². The predicted octanol–water partition coefficient (Wildman–Crippen LogP) is 5.84. The summed E-state index contributed by atoms with van der Waals surface area (Å²) >= 11 is 1.35. The van der Waals surface area contributed by atoms with Crippen LogP contribution >= 0.6 is 11.3 Å². The number of nitrogen functional groups attached to an aromatic ring is 1. The minimum Gasteiger partial charge on any atom is -0.397 e. The third-order valence-electron chi connectivity index (χ3n) is 6.06. The van der Waals surface area contributed by atoms with Crippen LogP contribution in [0.25, 0.3) is 21.1 Å². The van der Waals surface area contributed by atoms with Crippen LogP contribution in [-0.4, -0.2) is 24.0 Å². The number of anilines is 3. The number of piperidine rings is 1. The van der Waals surface area contributed by atoms with Crippen molar-refractivity contribution in [2.75, 3.05) is 29.0 Å². The van der Waals surface area contributed by atoms with Gasteiger partial charge in [-0.3, -0.25) is 4.79 Å². The third kappa shape index (κ3) is 3.72. The quantitative estimate of drug-likeness (QED) is 0.427. The summed E-state index contributed by atoms with van der Waals surface area (Å²) in [4.78, 5) is 21.5. The number of hydrogen-bond donors (Lipinski definition) is 2. The molecule has 0 bridgehead atoms. The molecule has 3 N–H and O–H groups in total. The topological polar surface area (TPSA) is 71.2 Å². The average Bonchev–Trinajstić information content (AvgIpc) is 3.14. The molecule has 2 aromatic heterocycles. The number of amides is 1. The molecule has 1 aliphatic rings. The number of nitrogens with zero attached hydrogens (tertiary/aromatic N) is 2. The van der Waals surface area contributed by atoms with Gasteiger partial charge in [-0.05, 0) is 61.6 Å². The molecule has 4 aromatic rings. The van der Waals surface area contributed by atoms with Crippen molar-refractivity contribution in [2.24, 2.45) is 0 Å². The van der Waals surface area contributed by atoms with E-state index < -0.39 is 0 Å². The molecule has 0 radical (unpaired) electrons. The maximum Gasteiger partial charge on any atom is 0.267 e. The molecule has 1 amide bonds. The van der Waals surface area contributed by atoms with Gasteiger partial charge in [-0.15, -0.1) is 11.3 Å². The lowest BCUT2D eigenvalue weighted by Gasteiger charge is -2.28. The van der Waals surface area contributed by atoms with Crippen LogP contribution in [0.4, 0.5) is 17.1 Å². The Morgan fingerprint density at radius 2 is 1.90 bits per heavy atom. The second-order valence-corrected chi connectivity index (χ2v) is 9.08. The monoisotopic (exact) mass is 430 g/mol. The van der Waals surface area contributed by atoms with Gasteiger partial charge in [-0.1, -0.05) is 25.1 Å². The summed E-state index contributed by atoms with van der Waals surface area (Å²) in [6.45, 7) is 4.33. The number of pyridine rings is 1. The number of carbonyl (C=O) groups is 1. The molecule has 1 fully saturated rings. The molecule has 1 saturated heterocycles. The van der Waals surface area contributed by atoms with E-state index >= 15 is 0 Å². The van der Waals surface area contributed by atoms with Gasteiger partial charge in [0, 0.05) is 35.2 Å². The Labute approximate surface area is 185 Å². The Morgan fingerprint density at radius 3 is 2.65 bits per heavy atom. The Balaban J connectivity index is 1.41. The van der Waals surface area contributed by atoms with Gasteiger partial charge in [0.1, 0.15) is 9.71 Å². The first-order chi connectivity index (χ1) is 15.1. The summed E-state index contributed by atoms with van der Waals surface area (Å²) in [5, 5.41) is 4.90. The molecule has 31 heavy (non-hydrogen) atoms. The largest absolute Gasteiger partial charge is 0.397 e. The van der Waals surface area contributed by atoms with Gasteiger partial charge in [0.2, 0.25) is 0 Å². The van der Waals surface area contributed by atoms with Crippen LogP contribution in [0, 0.1) is 0 Å². The maximum absolute atomic E-state index is 13.0. The van der Waals surface area contributed by atoms with Crippen LogP contribution in [0.2, 0.25) is 0 Å². The number of hydrogen-bond acceptors (Lipinski definition) is 5. The minimum atomic E-state index is -0.189. The van der Waals surface area contributed by atoms with E-state index in [1.807, 2.05) is 30.3 Å². The highest BCUT2D eigenvalue weighted by atomic mass is 32.1. The molecule has 0 spiro atoms. The summed E-state index contributed by atoms with van der Waals surface area (Å²) < 4.78 is 0. The van der Waals surface area contributed by atoms with E-state index in [0.29, 0.717) is 10.6 Å². The zero-order valence-electron chi connectivity index (χ0n) is 17.6. The Bertz CT molecular complexity index is 1260. The van der Waals surface area contributed by atoms with E-state index in [1.54, 1.807) is 0 Å². The summed E-state index contributed by atoms with van der Waals surface area (Å²) in [7, 11) is 0. The first-order valence-corrected chi connectivity index (χ1v) is 11.7. The van der Waals surface area contributed by atoms with Gasteiger partial charge in [-0.2, -0.15) is 0 Å². The predicted molar refractivity (Wildman–Crippen MR) is 131 cm³/mol. The van der Waals surface area contributed by atoms with Crippen LogP contribution in [0.1, 0.15) is 41.4 Å². The summed E-state index contributed by atoms with van der Waals surface area (Å²) in [5.74, 6) is -0.189. The van der Waals surface area contributed by atoms with Crippen molar-refractivity contribution < 1.29 is 4.79 Å². The molecule has 2 aromatic carbocycles.